The van der Waals surface area contributed by atoms with Gasteiger partial charge in [-0.3, -0.25) is 4.79 Å². The molecule has 0 unspecified atom stereocenters. The summed E-state index contributed by atoms with van der Waals surface area (Å²) in [6.07, 6.45) is 0.708. The van der Waals surface area contributed by atoms with E-state index >= 15 is 0 Å². The van der Waals surface area contributed by atoms with E-state index in [1.807, 2.05) is 13.0 Å². The number of aromatic nitrogens is 1. The first-order valence-electron chi connectivity index (χ1n) is 5.99. The lowest BCUT2D eigenvalue weighted by atomic mass is 10.0. The van der Waals surface area contributed by atoms with Crippen LogP contribution in [-0.2, 0) is 6.42 Å². The van der Waals surface area contributed by atoms with Gasteiger partial charge in [0.05, 0.1) is 12.1 Å². The zero-order chi connectivity index (χ0) is 13.8. The summed E-state index contributed by atoms with van der Waals surface area (Å²) in [7, 11) is 1.61. The molecule has 2 rings (SSSR count). The number of aryl methyl sites for hydroxylation is 1. The van der Waals surface area contributed by atoms with Crippen molar-refractivity contribution in [3.8, 4) is 5.75 Å². The highest BCUT2D eigenvalue weighted by Crippen LogP contribution is 2.21. The van der Waals surface area contributed by atoms with E-state index in [9.17, 15) is 4.79 Å². The van der Waals surface area contributed by atoms with Crippen LogP contribution in [0.3, 0.4) is 0 Å². The molecule has 1 heterocycles. The highest BCUT2D eigenvalue weighted by molar-refractivity contribution is 7.09. The number of benzene rings is 1. The van der Waals surface area contributed by atoms with E-state index in [4.69, 9.17) is 10.5 Å². The molecule has 1 aromatic heterocycles. The van der Waals surface area contributed by atoms with E-state index in [1.54, 1.807) is 24.6 Å². The molecular weight excluding hydrogens is 260 g/mol. The van der Waals surface area contributed by atoms with Crippen LogP contribution in [0.25, 0.3) is 0 Å². The van der Waals surface area contributed by atoms with Gasteiger partial charge in [-0.25, -0.2) is 4.98 Å². The SMILES string of the molecule is COc1ccc(C(=O)c2csc(CCN)n2)c(C)c1. The number of hydrogen-bond donors (Lipinski definition) is 1. The van der Waals surface area contributed by atoms with Crippen molar-refractivity contribution >= 4 is 17.1 Å². The minimum absolute atomic E-state index is 0.0559. The lowest BCUT2D eigenvalue weighted by Gasteiger charge is -2.05. The Morgan fingerprint density at radius 3 is 2.89 bits per heavy atom. The maximum absolute atomic E-state index is 12.4. The third-order valence-electron chi connectivity index (χ3n) is 2.82. The molecule has 2 aromatic rings. The van der Waals surface area contributed by atoms with E-state index in [-0.39, 0.29) is 5.78 Å². The molecule has 0 aliphatic rings. The van der Waals surface area contributed by atoms with E-state index in [0.717, 1.165) is 16.3 Å². The van der Waals surface area contributed by atoms with Gasteiger partial charge >= 0.3 is 0 Å². The van der Waals surface area contributed by atoms with Crippen LogP contribution in [0.4, 0.5) is 0 Å². The van der Waals surface area contributed by atoms with Gasteiger partial charge in [0, 0.05) is 17.4 Å². The molecule has 0 aliphatic carbocycles. The van der Waals surface area contributed by atoms with E-state index in [1.165, 1.54) is 11.3 Å². The van der Waals surface area contributed by atoms with E-state index in [0.29, 0.717) is 24.2 Å². The van der Waals surface area contributed by atoms with Crippen LogP contribution in [-0.4, -0.2) is 24.4 Å². The second-order valence-electron chi connectivity index (χ2n) is 4.18. The Bertz CT molecular complexity index is 593. The number of ether oxygens (including phenoxy) is 1. The average molecular weight is 276 g/mol. The van der Waals surface area contributed by atoms with Crippen LogP contribution >= 0.6 is 11.3 Å². The zero-order valence-electron chi connectivity index (χ0n) is 11.0. The second kappa shape index (κ2) is 5.95. The van der Waals surface area contributed by atoms with Gasteiger partial charge in [-0.1, -0.05) is 0 Å². The normalized spacial score (nSPS) is 10.5. The van der Waals surface area contributed by atoms with Crippen molar-refractivity contribution in [2.45, 2.75) is 13.3 Å². The fourth-order valence-electron chi connectivity index (χ4n) is 1.81. The second-order valence-corrected chi connectivity index (χ2v) is 5.12. The molecule has 0 saturated carbocycles. The summed E-state index contributed by atoms with van der Waals surface area (Å²) in [5.41, 5.74) is 7.51. The predicted octanol–water partition coefficient (Wildman–Crippen LogP) is 2.19. The number of nitrogens with two attached hydrogens (primary N) is 1. The topological polar surface area (TPSA) is 65.2 Å². The Morgan fingerprint density at radius 1 is 1.47 bits per heavy atom. The van der Waals surface area contributed by atoms with Gasteiger partial charge in [-0.2, -0.15) is 0 Å². The third kappa shape index (κ3) is 3.00. The van der Waals surface area contributed by atoms with Gasteiger partial charge < -0.3 is 10.5 Å². The molecule has 0 bridgehead atoms. The molecule has 0 amide bonds. The molecule has 4 nitrogen and oxygen atoms in total. The lowest BCUT2D eigenvalue weighted by Crippen LogP contribution is -2.06. The van der Waals surface area contributed by atoms with Crippen molar-refractivity contribution in [1.82, 2.24) is 4.98 Å². The van der Waals surface area contributed by atoms with Crippen LogP contribution < -0.4 is 10.5 Å². The van der Waals surface area contributed by atoms with E-state index in [2.05, 4.69) is 4.98 Å². The Morgan fingerprint density at radius 2 is 2.26 bits per heavy atom. The van der Waals surface area contributed by atoms with Crippen molar-refractivity contribution < 1.29 is 9.53 Å². The van der Waals surface area contributed by atoms with Crippen molar-refractivity contribution in [3.05, 3.63) is 45.4 Å². The van der Waals surface area contributed by atoms with Crippen LogP contribution in [0.15, 0.2) is 23.6 Å². The number of ketones is 1. The average Bonchev–Trinajstić information content (AvgIpc) is 2.87. The number of nitrogens with zero attached hydrogens (tertiary/aromatic N) is 1. The lowest BCUT2D eigenvalue weighted by molar-refractivity contribution is 0.103. The van der Waals surface area contributed by atoms with Gasteiger partial charge in [-0.05, 0) is 37.2 Å². The van der Waals surface area contributed by atoms with Crippen molar-refractivity contribution in [3.63, 3.8) is 0 Å². The first kappa shape index (κ1) is 13.7. The summed E-state index contributed by atoms with van der Waals surface area (Å²) >= 11 is 1.47. The zero-order valence-corrected chi connectivity index (χ0v) is 11.8. The Labute approximate surface area is 116 Å². The number of methoxy groups -OCH3 is 1. The quantitative estimate of drug-likeness (QED) is 0.850. The minimum atomic E-state index is -0.0559. The summed E-state index contributed by atoms with van der Waals surface area (Å²) in [6.45, 7) is 2.44. The fraction of sp³-hybridized carbons (Fsp3) is 0.286. The summed E-state index contributed by atoms with van der Waals surface area (Å²) in [5, 5.41) is 2.69. The van der Waals surface area contributed by atoms with Crippen LogP contribution in [0.2, 0.25) is 0 Å². The monoisotopic (exact) mass is 276 g/mol. The van der Waals surface area contributed by atoms with Gasteiger partial charge in [0.1, 0.15) is 11.4 Å². The maximum atomic E-state index is 12.4. The smallest absolute Gasteiger partial charge is 0.212 e. The molecule has 5 heteroatoms. The number of carbonyl (C=O) groups excluding carboxylic acids is 1. The first-order valence-corrected chi connectivity index (χ1v) is 6.87. The summed E-state index contributed by atoms with van der Waals surface area (Å²) < 4.78 is 5.13. The Kier molecular flexibility index (Phi) is 4.29. The predicted molar refractivity (Wildman–Crippen MR) is 76.0 cm³/mol. The van der Waals surface area contributed by atoms with Crippen LogP contribution in [0.1, 0.15) is 26.6 Å². The number of rotatable bonds is 5. The molecule has 0 radical (unpaired) electrons. The van der Waals surface area contributed by atoms with Gasteiger partial charge in [0.15, 0.2) is 0 Å². The fourth-order valence-corrected chi connectivity index (χ4v) is 2.60. The molecule has 0 aliphatic heterocycles. The van der Waals surface area contributed by atoms with Gasteiger partial charge in [0.2, 0.25) is 5.78 Å². The summed E-state index contributed by atoms with van der Waals surface area (Å²) in [5.74, 6) is 0.691. The number of hydrogen-bond acceptors (Lipinski definition) is 5. The highest BCUT2D eigenvalue weighted by atomic mass is 32.1. The molecule has 0 fully saturated rings. The molecule has 0 atom stereocenters. The number of thiazole rings is 1. The van der Waals surface area contributed by atoms with Gasteiger partial charge in [-0.15, -0.1) is 11.3 Å². The minimum Gasteiger partial charge on any atom is -0.497 e. The maximum Gasteiger partial charge on any atom is 0.212 e. The summed E-state index contributed by atoms with van der Waals surface area (Å²) in [6, 6.07) is 5.41. The highest BCUT2D eigenvalue weighted by Gasteiger charge is 2.15. The Hall–Kier alpha value is -1.72. The molecular formula is C14H16N2O2S. The van der Waals surface area contributed by atoms with Gasteiger partial charge in [0.25, 0.3) is 0 Å². The molecule has 1 aromatic carbocycles. The molecule has 0 spiro atoms. The molecule has 2 N–H and O–H groups in total. The standard InChI is InChI=1S/C14H16N2O2S/c1-9-7-10(18-2)3-4-11(9)14(17)12-8-19-13(16-12)5-6-15/h3-4,7-8H,5-6,15H2,1-2H3. The first-order chi connectivity index (χ1) is 9.15. The largest absolute Gasteiger partial charge is 0.497 e. The van der Waals surface area contributed by atoms with E-state index < -0.39 is 0 Å². The molecule has 0 saturated heterocycles. The number of carbonyl (C=O) groups is 1. The third-order valence-corrected chi connectivity index (χ3v) is 3.73. The summed E-state index contributed by atoms with van der Waals surface area (Å²) in [4.78, 5) is 16.7. The molecule has 100 valence electrons. The van der Waals surface area contributed by atoms with Crippen LogP contribution in [0.5, 0.6) is 5.75 Å². The molecule has 19 heavy (non-hydrogen) atoms. The van der Waals surface area contributed by atoms with Crippen molar-refractivity contribution in [2.24, 2.45) is 5.73 Å². The Balaban J connectivity index is 2.27. The van der Waals surface area contributed by atoms with Crippen molar-refractivity contribution in [2.75, 3.05) is 13.7 Å². The van der Waals surface area contributed by atoms with Crippen molar-refractivity contribution in [1.29, 1.82) is 0 Å². The van der Waals surface area contributed by atoms with Crippen LogP contribution in [0, 0.1) is 6.92 Å².